The van der Waals surface area contributed by atoms with E-state index in [1.165, 1.54) is 6.42 Å². The molecule has 0 radical (unpaired) electrons. The molecule has 3 atom stereocenters. The molecule has 1 aromatic heterocycles. The number of aliphatic hydroxyl groups excluding tert-OH is 1. The lowest BCUT2D eigenvalue weighted by Gasteiger charge is -2.34. The fourth-order valence-corrected chi connectivity index (χ4v) is 3.32. The Kier molecular flexibility index (Phi) is 4.05. The maximum absolute atomic E-state index is 10.4. The van der Waals surface area contributed by atoms with Crippen LogP contribution in [-0.2, 0) is 0 Å². The number of rotatable bonds is 2. The summed E-state index contributed by atoms with van der Waals surface area (Å²) in [5, 5.41) is 10.9. The standard InChI is InChI=1S/C14H20ClNO/c1-9-5-10(2)7-12(6-9)14(17)11-3-4-16-13(15)8-11/h3-4,8-10,12,14,17H,5-7H2,1-2H3. The van der Waals surface area contributed by atoms with Crippen LogP contribution in [0.25, 0.3) is 0 Å². The third-order valence-corrected chi connectivity index (χ3v) is 3.96. The average Bonchev–Trinajstić information content (AvgIpc) is 2.26. The van der Waals surface area contributed by atoms with Gasteiger partial charge in [-0.2, -0.15) is 0 Å². The highest BCUT2D eigenvalue weighted by atomic mass is 35.5. The SMILES string of the molecule is CC1CC(C)CC(C(O)c2ccnc(Cl)c2)C1. The largest absolute Gasteiger partial charge is 0.388 e. The number of halogens is 1. The summed E-state index contributed by atoms with van der Waals surface area (Å²) in [6.45, 7) is 4.55. The van der Waals surface area contributed by atoms with Crippen LogP contribution in [0, 0.1) is 17.8 Å². The lowest BCUT2D eigenvalue weighted by atomic mass is 9.73. The van der Waals surface area contributed by atoms with Gasteiger partial charge in [-0.05, 0) is 54.7 Å². The first-order valence-corrected chi connectivity index (χ1v) is 6.73. The molecule has 0 amide bonds. The van der Waals surface area contributed by atoms with Crippen LogP contribution in [0.2, 0.25) is 5.15 Å². The van der Waals surface area contributed by atoms with Crippen LogP contribution in [0.4, 0.5) is 0 Å². The molecule has 1 N–H and O–H groups in total. The Morgan fingerprint density at radius 1 is 1.29 bits per heavy atom. The average molecular weight is 254 g/mol. The smallest absolute Gasteiger partial charge is 0.129 e. The molecular formula is C14H20ClNO. The lowest BCUT2D eigenvalue weighted by Crippen LogP contribution is -2.24. The Morgan fingerprint density at radius 2 is 1.94 bits per heavy atom. The van der Waals surface area contributed by atoms with Crippen molar-refractivity contribution in [2.24, 2.45) is 17.8 Å². The molecule has 0 bridgehead atoms. The van der Waals surface area contributed by atoms with E-state index in [1.54, 1.807) is 12.3 Å². The van der Waals surface area contributed by atoms with Crippen molar-refractivity contribution in [3.8, 4) is 0 Å². The summed E-state index contributed by atoms with van der Waals surface area (Å²) >= 11 is 5.86. The Bertz CT molecular complexity index is 372. The molecule has 1 heterocycles. The number of nitrogens with zero attached hydrogens (tertiary/aromatic N) is 1. The summed E-state index contributed by atoms with van der Waals surface area (Å²) in [7, 11) is 0. The number of aromatic nitrogens is 1. The molecule has 3 unspecified atom stereocenters. The van der Waals surface area contributed by atoms with Crippen LogP contribution < -0.4 is 0 Å². The third-order valence-electron chi connectivity index (χ3n) is 3.75. The van der Waals surface area contributed by atoms with E-state index in [1.807, 2.05) is 6.07 Å². The summed E-state index contributed by atoms with van der Waals surface area (Å²) in [5.74, 6) is 1.76. The van der Waals surface area contributed by atoms with Crippen molar-refractivity contribution in [1.82, 2.24) is 4.98 Å². The highest BCUT2D eigenvalue weighted by Crippen LogP contribution is 2.39. The van der Waals surface area contributed by atoms with E-state index < -0.39 is 6.10 Å². The fourth-order valence-electron chi connectivity index (χ4n) is 3.14. The normalized spacial score (nSPS) is 31.2. The van der Waals surface area contributed by atoms with Gasteiger partial charge in [0, 0.05) is 6.20 Å². The van der Waals surface area contributed by atoms with Gasteiger partial charge in [0.25, 0.3) is 0 Å². The van der Waals surface area contributed by atoms with Gasteiger partial charge in [0.15, 0.2) is 0 Å². The van der Waals surface area contributed by atoms with Crippen LogP contribution in [0.3, 0.4) is 0 Å². The van der Waals surface area contributed by atoms with Gasteiger partial charge in [-0.25, -0.2) is 4.98 Å². The Balaban J connectivity index is 2.11. The molecule has 17 heavy (non-hydrogen) atoms. The van der Waals surface area contributed by atoms with Gasteiger partial charge in [0.05, 0.1) is 6.10 Å². The van der Waals surface area contributed by atoms with Gasteiger partial charge in [-0.1, -0.05) is 25.4 Å². The zero-order valence-electron chi connectivity index (χ0n) is 10.4. The van der Waals surface area contributed by atoms with Crippen LogP contribution in [0.1, 0.15) is 44.8 Å². The summed E-state index contributed by atoms with van der Waals surface area (Å²) in [6, 6.07) is 3.64. The Morgan fingerprint density at radius 3 is 2.53 bits per heavy atom. The van der Waals surface area contributed by atoms with E-state index >= 15 is 0 Å². The first-order chi connectivity index (χ1) is 8.06. The van der Waals surface area contributed by atoms with E-state index in [-0.39, 0.29) is 0 Å². The quantitative estimate of drug-likeness (QED) is 0.813. The maximum Gasteiger partial charge on any atom is 0.129 e. The molecule has 94 valence electrons. The monoisotopic (exact) mass is 253 g/mol. The second-order valence-corrected chi connectivity index (χ2v) is 5.92. The molecule has 1 aliphatic carbocycles. The van der Waals surface area contributed by atoms with E-state index in [9.17, 15) is 5.11 Å². The molecule has 0 spiro atoms. The zero-order chi connectivity index (χ0) is 12.4. The maximum atomic E-state index is 10.4. The molecule has 2 nitrogen and oxygen atoms in total. The number of pyridine rings is 1. The van der Waals surface area contributed by atoms with Crippen LogP contribution in [-0.4, -0.2) is 10.1 Å². The summed E-state index contributed by atoms with van der Waals surface area (Å²) in [4.78, 5) is 3.95. The van der Waals surface area contributed by atoms with E-state index in [0.29, 0.717) is 22.9 Å². The van der Waals surface area contributed by atoms with Gasteiger partial charge >= 0.3 is 0 Å². The van der Waals surface area contributed by atoms with Crippen molar-refractivity contribution in [3.05, 3.63) is 29.0 Å². The number of hydrogen-bond donors (Lipinski definition) is 1. The molecule has 1 aromatic rings. The van der Waals surface area contributed by atoms with E-state index in [0.717, 1.165) is 18.4 Å². The summed E-state index contributed by atoms with van der Waals surface area (Å²) in [5.41, 5.74) is 0.899. The Labute approximate surface area is 108 Å². The minimum absolute atomic E-state index is 0.354. The second-order valence-electron chi connectivity index (χ2n) is 5.53. The fraction of sp³-hybridized carbons (Fsp3) is 0.643. The highest BCUT2D eigenvalue weighted by Gasteiger charge is 2.29. The van der Waals surface area contributed by atoms with Crippen molar-refractivity contribution in [3.63, 3.8) is 0 Å². The van der Waals surface area contributed by atoms with E-state index in [4.69, 9.17) is 11.6 Å². The third kappa shape index (κ3) is 3.20. The minimum atomic E-state index is -0.402. The van der Waals surface area contributed by atoms with Crippen molar-refractivity contribution in [2.75, 3.05) is 0 Å². The van der Waals surface area contributed by atoms with Crippen molar-refractivity contribution in [1.29, 1.82) is 0 Å². The van der Waals surface area contributed by atoms with Crippen molar-refractivity contribution >= 4 is 11.6 Å². The van der Waals surface area contributed by atoms with Crippen LogP contribution >= 0.6 is 11.6 Å². The molecule has 1 aliphatic rings. The first-order valence-electron chi connectivity index (χ1n) is 6.35. The highest BCUT2D eigenvalue weighted by molar-refractivity contribution is 6.29. The Hall–Kier alpha value is -0.600. The predicted octanol–water partition coefficient (Wildman–Crippen LogP) is 3.84. The van der Waals surface area contributed by atoms with Crippen LogP contribution in [0.5, 0.6) is 0 Å². The van der Waals surface area contributed by atoms with Gasteiger partial charge in [-0.3, -0.25) is 0 Å². The molecule has 2 rings (SSSR count). The molecule has 0 saturated heterocycles. The van der Waals surface area contributed by atoms with Crippen molar-refractivity contribution < 1.29 is 5.11 Å². The molecule has 3 heteroatoms. The van der Waals surface area contributed by atoms with Crippen molar-refractivity contribution in [2.45, 2.75) is 39.2 Å². The zero-order valence-corrected chi connectivity index (χ0v) is 11.2. The molecule has 1 fully saturated rings. The van der Waals surface area contributed by atoms with Gasteiger partial charge < -0.3 is 5.11 Å². The van der Waals surface area contributed by atoms with E-state index in [2.05, 4.69) is 18.8 Å². The summed E-state index contributed by atoms with van der Waals surface area (Å²) in [6.07, 6.45) is 4.74. The molecular weight excluding hydrogens is 234 g/mol. The predicted molar refractivity (Wildman–Crippen MR) is 69.9 cm³/mol. The summed E-state index contributed by atoms with van der Waals surface area (Å²) < 4.78 is 0. The molecule has 0 aliphatic heterocycles. The van der Waals surface area contributed by atoms with Gasteiger partial charge in [-0.15, -0.1) is 0 Å². The lowest BCUT2D eigenvalue weighted by molar-refractivity contribution is 0.0551. The second kappa shape index (κ2) is 5.36. The number of hydrogen-bond acceptors (Lipinski definition) is 2. The van der Waals surface area contributed by atoms with Gasteiger partial charge in [0.1, 0.15) is 5.15 Å². The minimum Gasteiger partial charge on any atom is -0.388 e. The number of aliphatic hydroxyl groups is 1. The van der Waals surface area contributed by atoms with Crippen LogP contribution in [0.15, 0.2) is 18.3 Å². The topological polar surface area (TPSA) is 33.1 Å². The first kappa shape index (κ1) is 12.8. The molecule has 0 aromatic carbocycles. The molecule has 1 saturated carbocycles. The van der Waals surface area contributed by atoms with Gasteiger partial charge in [0.2, 0.25) is 0 Å².